The molecule has 0 aliphatic carbocycles. The van der Waals surface area contributed by atoms with Crippen LogP contribution in [0.2, 0.25) is 5.02 Å². The Hall–Kier alpha value is -2.93. The van der Waals surface area contributed by atoms with Gasteiger partial charge in [0.05, 0.1) is 24.9 Å². The Morgan fingerprint density at radius 1 is 1.18 bits per heavy atom. The van der Waals surface area contributed by atoms with E-state index in [2.05, 4.69) is 15.8 Å². The molecule has 0 fully saturated rings. The van der Waals surface area contributed by atoms with Gasteiger partial charge in [-0.3, -0.25) is 9.59 Å². The third-order valence-electron chi connectivity index (χ3n) is 3.86. The average molecular weight is 406 g/mol. The number of halogens is 2. The molecule has 2 rings (SSSR count). The van der Waals surface area contributed by atoms with Crippen molar-refractivity contribution in [2.75, 3.05) is 13.7 Å². The quantitative estimate of drug-likeness (QED) is 0.497. The second-order valence-electron chi connectivity index (χ2n) is 5.91. The van der Waals surface area contributed by atoms with Crippen molar-refractivity contribution in [2.45, 2.75) is 19.3 Å². The molecule has 0 bridgehead atoms. The Balaban J connectivity index is 1.66. The Kier molecular flexibility index (Phi) is 8.42. The van der Waals surface area contributed by atoms with Crippen LogP contribution in [0.1, 0.15) is 24.0 Å². The van der Waals surface area contributed by atoms with Crippen molar-refractivity contribution in [1.29, 1.82) is 0 Å². The molecule has 8 heteroatoms. The van der Waals surface area contributed by atoms with Crippen LogP contribution in [0.3, 0.4) is 0 Å². The van der Waals surface area contributed by atoms with E-state index in [-0.39, 0.29) is 23.0 Å². The molecule has 0 aliphatic heterocycles. The van der Waals surface area contributed by atoms with E-state index >= 15 is 0 Å². The zero-order chi connectivity index (χ0) is 20.4. The Labute approximate surface area is 167 Å². The first-order chi connectivity index (χ1) is 13.5. The molecule has 28 heavy (non-hydrogen) atoms. The van der Waals surface area contributed by atoms with Crippen molar-refractivity contribution in [2.24, 2.45) is 5.10 Å². The van der Waals surface area contributed by atoms with Crippen molar-refractivity contribution >= 4 is 29.6 Å². The number of carbonyl (C=O) groups is 2. The van der Waals surface area contributed by atoms with E-state index in [9.17, 15) is 14.0 Å². The highest BCUT2D eigenvalue weighted by molar-refractivity contribution is 6.33. The number of hydrogen-bond acceptors (Lipinski definition) is 4. The van der Waals surface area contributed by atoms with E-state index in [1.807, 2.05) is 24.3 Å². The van der Waals surface area contributed by atoms with Crippen LogP contribution in [0, 0.1) is 5.82 Å². The van der Waals surface area contributed by atoms with Crippen molar-refractivity contribution in [3.8, 4) is 5.75 Å². The van der Waals surface area contributed by atoms with Crippen molar-refractivity contribution in [3.05, 3.63) is 64.4 Å². The smallest absolute Gasteiger partial charge is 0.259 e. The first kappa shape index (κ1) is 21.4. The van der Waals surface area contributed by atoms with Crippen LogP contribution in [0.15, 0.2) is 47.6 Å². The number of benzene rings is 2. The van der Waals surface area contributed by atoms with E-state index in [1.54, 1.807) is 7.11 Å². The van der Waals surface area contributed by atoms with E-state index in [1.165, 1.54) is 18.2 Å². The van der Waals surface area contributed by atoms with Crippen molar-refractivity contribution in [1.82, 2.24) is 10.7 Å². The molecule has 0 aliphatic rings. The molecular formula is C20H21ClFN3O3. The fourth-order valence-corrected chi connectivity index (χ4v) is 2.57. The molecule has 2 aromatic carbocycles. The zero-order valence-corrected chi connectivity index (χ0v) is 16.1. The van der Waals surface area contributed by atoms with Gasteiger partial charge < -0.3 is 10.1 Å². The minimum absolute atomic E-state index is 0.0760. The summed E-state index contributed by atoms with van der Waals surface area (Å²) in [5.74, 6) is -0.514. The molecule has 6 nitrogen and oxygen atoms in total. The average Bonchev–Trinajstić information content (AvgIpc) is 2.69. The predicted molar refractivity (Wildman–Crippen MR) is 106 cm³/mol. The third-order valence-corrected chi connectivity index (χ3v) is 4.19. The minimum atomic E-state index is -0.546. The van der Waals surface area contributed by atoms with Gasteiger partial charge in [0.15, 0.2) is 0 Å². The molecule has 2 aromatic rings. The highest BCUT2D eigenvalue weighted by atomic mass is 35.5. The summed E-state index contributed by atoms with van der Waals surface area (Å²) in [6.45, 7) is -0.219. The summed E-state index contributed by atoms with van der Waals surface area (Å²) in [5.41, 5.74) is 3.39. The first-order valence-electron chi connectivity index (χ1n) is 8.65. The van der Waals surface area contributed by atoms with Gasteiger partial charge in [-0.15, -0.1) is 0 Å². The number of carbonyl (C=O) groups excluding carboxylic acids is 2. The molecule has 0 saturated heterocycles. The van der Waals surface area contributed by atoms with Gasteiger partial charge in [-0.05, 0) is 42.7 Å². The van der Waals surface area contributed by atoms with Gasteiger partial charge in [0.2, 0.25) is 5.91 Å². The van der Waals surface area contributed by atoms with Crippen LogP contribution in [-0.2, 0) is 16.0 Å². The zero-order valence-electron chi connectivity index (χ0n) is 15.4. The summed E-state index contributed by atoms with van der Waals surface area (Å²) < 4.78 is 18.7. The Bertz CT molecular complexity index is 821. The van der Waals surface area contributed by atoms with Crippen molar-refractivity contribution < 1.29 is 18.7 Å². The third kappa shape index (κ3) is 7.00. The van der Waals surface area contributed by atoms with Crippen LogP contribution in [-0.4, -0.2) is 31.7 Å². The number of hydrazone groups is 1. The van der Waals surface area contributed by atoms with Crippen LogP contribution in [0.25, 0.3) is 0 Å². The highest BCUT2D eigenvalue weighted by Gasteiger charge is 2.06. The maximum absolute atomic E-state index is 13.6. The fourth-order valence-electron chi connectivity index (χ4n) is 2.35. The van der Waals surface area contributed by atoms with E-state index in [0.29, 0.717) is 12.8 Å². The summed E-state index contributed by atoms with van der Waals surface area (Å²) >= 11 is 5.85. The summed E-state index contributed by atoms with van der Waals surface area (Å²) in [4.78, 5) is 23.5. The van der Waals surface area contributed by atoms with Gasteiger partial charge in [0, 0.05) is 12.0 Å². The molecule has 0 radical (unpaired) electrons. The standard InChI is InChI=1S/C20H21ClFN3O3/c1-28-15-10-8-14(9-11-15)4-2-7-19(26)23-13-20(27)25-24-12-16-17(21)5-3-6-18(16)22/h3,5-6,8-12H,2,4,7,13H2,1H3,(H,23,26)(H,25,27)/b24-12-. The molecule has 0 atom stereocenters. The largest absolute Gasteiger partial charge is 0.497 e. The van der Waals surface area contributed by atoms with Gasteiger partial charge in [-0.1, -0.05) is 29.8 Å². The summed E-state index contributed by atoms with van der Waals surface area (Å²) in [7, 11) is 1.61. The predicted octanol–water partition coefficient (Wildman–Crippen LogP) is 3.08. The van der Waals surface area contributed by atoms with E-state index < -0.39 is 11.7 Å². The lowest BCUT2D eigenvalue weighted by Crippen LogP contribution is -2.34. The Morgan fingerprint density at radius 2 is 1.93 bits per heavy atom. The van der Waals surface area contributed by atoms with Crippen LogP contribution < -0.4 is 15.5 Å². The SMILES string of the molecule is COc1ccc(CCCC(=O)NCC(=O)N/N=C\c2c(F)cccc2Cl)cc1. The fraction of sp³-hybridized carbons (Fsp3) is 0.250. The van der Waals surface area contributed by atoms with Gasteiger partial charge in [0.1, 0.15) is 11.6 Å². The number of nitrogens with one attached hydrogen (secondary N) is 2. The molecule has 2 N–H and O–H groups in total. The lowest BCUT2D eigenvalue weighted by molar-refractivity contribution is -0.126. The number of aryl methyl sites for hydroxylation is 1. The second-order valence-corrected chi connectivity index (χ2v) is 6.31. The minimum Gasteiger partial charge on any atom is -0.497 e. The van der Waals surface area contributed by atoms with Gasteiger partial charge in [0.25, 0.3) is 5.91 Å². The molecule has 0 saturated carbocycles. The molecular weight excluding hydrogens is 385 g/mol. The Morgan fingerprint density at radius 3 is 2.61 bits per heavy atom. The second kappa shape index (κ2) is 11.0. The number of methoxy groups -OCH3 is 1. The monoisotopic (exact) mass is 405 g/mol. The van der Waals surface area contributed by atoms with Crippen LogP contribution >= 0.6 is 11.6 Å². The van der Waals surface area contributed by atoms with Gasteiger partial charge >= 0.3 is 0 Å². The number of amides is 2. The lowest BCUT2D eigenvalue weighted by atomic mass is 10.1. The number of hydrogen-bond donors (Lipinski definition) is 2. The molecule has 0 spiro atoms. The van der Waals surface area contributed by atoms with Crippen LogP contribution in [0.5, 0.6) is 5.75 Å². The maximum Gasteiger partial charge on any atom is 0.259 e. The van der Waals surface area contributed by atoms with Crippen LogP contribution in [0.4, 0.5) is 4.39 Å². The van der Waals surface area contributed by atoms with Gasteiger partial charge in [-0.2, -0.15) is 5.10 Å². The van der Waals surface area contributed by atoms with Gasteiger partial charge in [-0.25, -0.2) is 9.82 Å². The normalized spacial score (nSPS) is 10.7. The maximum atomic E-state index is 13.6. The number of nitrogens with zero attached hydrogens (tertiary/aromatic N) is 1. The van der Waals surface area contributed by atoms with E-state index in [0.717, 1.165) is 23.9 Å². The molecule has 0 unspecified atom stereocenters. The molecule has 0 aromatic heterocycles. The topological polar surface area (TPSA) is 79.8 Å². The molecule has 148 valence electrons. The number of rotatable bonds is 9. The molecule has 2 amide bonds. The summed E-state index contributed by atoms with van der Waals surface area (Å²) in [6, 6.07) is 11.9. The highest BCUT2D eigenvalue weighted by Crippen LogP contribution is 2.16. The summed E-state index contributed by atoms with van der Waals surface area (Å²) in [6.07, 6.45) is 2.82. The molecule has 0 heterocycles. The lowest BCUT2D eigenvalue weighted by Gasteiger charge is -2.05. The van der Waals surface area contributed by atoms with E-state index in [4.69, 9.17) is 16.3 Å². The number of ether oxygens (including phenoxy) is 1. The first-order valence-corrected chi connectivity index (χ1v) is 9.03. The van der Waals surface area contributed by atoms with Crippen molar-refractivity contribution in [3.63, 3.8) is 0 Å². The summed E-state index contributed by atoms with van der Waals surface area (Å²) in [5, 5.41) is 6.34.